The predicted octanol–water partition coefficient (Wildman–Crippen LogP) is 5.16. The Hall–Kier alpha value is -1.25. The number of ether oxygens (including phenoxy) is 1. The second-order valence-electron chi connectivity index (χ2n) is 4.25. The predicted molar refractivity (Wildman–Crippen MR) is 89.5 cm³/mol. The maximum absolute atomic E-state index is 9.15. The summed E-state index contributed by atoms with van der Waals surface area (Å²) in [7, 11) is 0. The monoisotopic (exact) mass is 397 g/mol. The molecular weight excluding hydrogens is 385 g/mol. The Labute approximate surface area is 137 Å². The summed E-state index contributed by atoms with van der Waals surface area (Å²) in [6.07, 6.45) is 0.806. The molecule has 20 heavy (non-hydrogen) atoms. The van der Waals surface area contributed by atoms with Crippen LogP contribution >= 0.6 is 34.2 Å². The normalized spacial score (nSPS) is 11.7. The van der Waals surface area contributed by atoms with Gasteiger partial charge in [0.05, 0.1) is 5.56 Å². The van der Waals surface area contributed by atoms with E-state index in [0.29, 0.717) is 16.3 Å². The summed E-state index contributed by atoms with van der Waals surface area (Å²) < 4.78 is 7.00. The lowest BCUT2D eigenvalue weighted by molar-refractivity contribution is 0.203. The van der Waals surface area contributed by atoms with Gasteiger partial charge in [0.1, 0.15) is 17.9 Å². The van der Waals surface area contributed by atoms with Gasteiger partial charge in [-0.05, 0) is 24.1 Å². The molecule has 0 saturated carbocycles. The van der Waals surface area contributed by atoms with E-state index in [0.717, 1.165) is 16.4 Å². The van der Waals surface area contributed by atoms with Gasteiger partial charge in [-0.3, -0.25) is 0 Å². The second kappa shape index (κ2) is 7.51. The van der Waals surface area contributed by atoms with Crippen molar-refractivity contribution in [3.63, 3.8) is 0 Å². The fraction of sp³-hybridized carbons (Fsp3) is 0.188. The van der Waals surface area contributed by atoms with Gasteiger partial charge in [0.25, 0.3) is 0 Å². The molecule has 102 valence electrons. The van der Waals surface area contributed by atoms with Crippen LogP contribution in [0.2, 0.25) is 5.02 Å². The van der Waals surface area contributed by atoms with Crippen LogP contribution in [-0.2, 0) is 0 Å². The molecule has 0 saturated heterocycles. The van der Waals surface area contributed by atoms with Crippen molar-refractivity contribution >= 4 is 34.2 Å². The van der Waals surface area contributed by atoms with Crippen molar-refractivity contribution in [3.8, 4) is 11.8 Å². The average molecular weight is 398 g/mol. The van der Waals surface area contributed by atoms with Crippen LogP contribution in [-0.4, -0.2) is 4.43 Å². The van der Waals surface area contributed by atoms with Gasteiger partial charge in [-0.1, -0.05) is 64.5 Å². The third-order valence-corrected chi connectivity index (χ3v) is 3.73. The molecule has 2 aromatic rings. The zero-order valence-corrected chi connectivity index (χ0v) is 13.6. The Kier molecular flexibility index (Phi) is 5.69. The minimum atomic E-state index is -0.0707. The smallest absolute Gasteiger partial charge is 0.139 e. The molecular formula is C16H13ClINO. The molecule has 2 nitrogen and oxygen atoms in total. The molecule has 0 aliphatic heterocycles. The number of benzene rings is 2. The lowest BCUT2D eigenvalue weighted by atomic mass is 10.1. The third-order valence-electron chi connectivity index (χ3n) is 2.88. The standard InChI is InChI=1S/C16H13ClINO/c17-14-7-6-13(11-19)16(10-14)20-15(8-9-18)12-4-2-1-3-5-12/h1-7,10,15H,8-9H2/t15-/m1/s1. The van der Waals surface area contributed by atoms with E-state index in [1.165, 1.54) is 0 Å². The van der Waals surface area contributed by atoms with E-state index in [1.807, 2.05) is 30.3 Å². The van der Waals surface area contributed by atoms with Crippen molar-refractivity contribution in [3.05, 3.63) is 64.7 Å². The highest BCUT2D eigenvalue weighted by atomic mass is 127. The first kappa shape index (κ1) is 15.1. The molecule has 0 aliphatic carbocycles. The first-order valence-electron chi connectivity index (χ1n) is 6.22. The van der Waals surface area contributed by atoms with Crippen LogP contribution in [0, 0.1) is 11.3 Å². The molecule has 0 fully saturated rings. The van der Waals surface area contributed by atoms with Gasteiger partial charge in [0.15, 0.2) is 0 Å². The summed E-state index contributed by atoms with van der Waals surface area (Å²) in [5, 5.41) is 9.72. The number of rotatable bonds is 5. The molecule has 0 aliphatic rings. The summed E-state index contributed by atoms with van der Waals surface area (Å²) >= 11 is 8.32. The van der Waals surface area contributed by atoms with Crippen LogP contribution in [0.15, 0.2) is 48.5 Å². The number of hydrogen-bond acceptors (Lipinski definition) is 2. The largest absolute Gasteiger partial charge is 0.484 e. The van der Waals surface area contributed by atoms with Crippen molar-refractivity contribution in [1.82, 2.24) is 0 Å². The fourth-order valence-electron chi connectivity index (χ4n) is 1.90. The first-order valence-corrected chi connectivity index (χ1v) is 8.12. The number of hydrogen-bond donors (Lipinski definition) is 0. The number of halogens is 2. The van der Waals surface area contributed by atoms with Crippen LogP contribution in [0.5, 0.6) is 5.75 Å². The lowest BCUT2D eigenvalue weighted by Gasteiger charge is -2.19. The van der Waals surface area contributed by atoms with E-state index in [-0.39, 0.29) is 6.10 Å². The van der Waals surface area contributed by atoms with Crippen LogP contribution in [0.3, 0.4) is 0 Å². The van der Waals surface area contributed by atoms with E-state index in [1.54, 1.807) is 18.2 Å². The van der Waals surface area contributed by atoms with Crippen LogP contribution in [0.1, 0.15) is 23.7 Å². The van der Waals surface area contributed by atoms with E-state index in [2.05, 4.69) is 28.7 Å². The molecule has 0 heterocycles. The lowest BCUT2D eigenvalue weighted by Crippen LogP contribution is -2.09. The summed E-state index contributed by atoms with van der Waals surface area (Å²) in [5.41, 5.74) is 1.61. The van der Waals surface area contributed by atoms with E-state index in [4.69, 9.17) is 21.6 Å². The highest BCUT2D eigenvalue weighted by Gasteiger charge is 2.15. The van der Waals surface area contributed by atoms with Crippen molar-refractivity contribution in [1.29, 1.82) is 5.26 Å². The number of nitrogens with zero attached hydrogens (tertiary/aromatic N) is 1. The summed E-state index contributed by atoms with van der Waals surface area (Å²) in [4.78, 5) is 0. The molecule has 0 aromatic heterocycles. The Morgan fingerprint density at radius 3 is 2.60 bits per heavy atom. The molecule has 0 radical (unpaired) electrons. The van der Waals surface area contributed by atoms with E-state index >= 15 is 0 Å². The zero-order chi connectivity index (χ0) is 14.4. The maximum Gasteiger partial charge on any atom is 0.139 e. The van der Waals surface area contributed by atoms with Gasteiger partial charge < -0.3 is 4.74 Å². The molecule has 4 heteroatoms. The minimum Gasteiger partial charge on any atom is -0.484 e. The van der Waals surface area contributed by atoms with Crippen molar-refractivity contribution < 1.29 is 4.74 Å². The SMILES string of the molecule is N#Cc1ccc(Cl)cc1O[C@H](CCI)c1ccccc1. The zero-order valence-electron chi connectivity index (χ0n) is 10.7. The molecule has 2 rings (SSSR count). The van der Waals surface area contributed by atoms with Gasteiger partial charge in [-0.15, -0.1) is 0 Å². The maximum atomic E-state index is 9.15. The van der Waals surface area contributed by atoms with Gasteiger partial charge in [-0.25, -0.2) is 0 Å². The van der Waals surface area contributed by atoms with Crippen molar-refractivity contribution in [2.45, 2.75) is 12.5 Å². The molecule has 0 spiro atoms. The summed E-state index contributed by atoms with van der Waals surface area (Å²) in [6, 6.07) is 17.2. The first-order chi connectivity index (χ1) is 9.74. The fourth-order valence-corrected chi connectivity index (χ4v) is 2.63. The van der Waals surface area contributed by atoms with Crippen LogP contribution in [0.25, 0.3) is 0 Å². The quantitative estimate of drug-likeness (QED) is 0.516. The van der Waals surface area contributed by atoms with Crippen LogP contribution in [0.4, 0.5) is 0 Å². The second-order valence-corrected chi connectivity index (χ2v) is 5.76. The summed E-state index contributed by atoms with van der Waals surface area (Å²) in [6.45, 7) is 0. The molecule has 0 unspecified atom stereocenters. The Morgan fingerprint density at radius 1 is 1.20 bits per heavy atom. The molecule has 1 atom stereocenters. The van der Waals surface area contributed by atoms with Gasteiger partial charge in [0.2, 0.25) is 0 Å². The van der Waals surface area contributed by atoms with E-state index < -0.39 is 0 Å². The van der Waals surface area contributed by atoms with Crippen molar-refractivity contribution in [2.24, 2.45) is 0 Å². The third kappa shape index (κ3) is 3.87. The highest BCUT2D eigenvalue weighted by Crippen LogP contribution is 2.30. The van der Waals surface area contributed by atoms with Gasteiger partial charge in [0, 0.05) is 15.5 Å². The molecule has 0 amide bonds. The van der Waals surface area contributed by atoms with Gasteiger partial charge in [-0.2, -0.15) is 5.26 Å². The Balaban J connectivity index is 2.29. The number of nitriles is 1. The topological polar surface area (TPSA) is 33.0 Å². The van der Waals surface area contributed by atoms with Gasteiger partial charge >= 0.3 is 0 Å². The average Bonchev–Trinajstić information content (AvgIpc) is 2.48. The minimum absolute atomic E-state index is 0.0707. The van der Waals surface area contributed by atoms with E-state index in [9.17, 15) is 0 Å². The van der Waals surface area contributed by atoms with Crippen LogP contribution < -0.4 is 4.74 Å². The molecule has 2 aromatic carbocycles. The molecule has 0 bridgehead atoms. The highest BCUT2D eigenvalue weighted by molar-refractivity contribution is 14.1. The molecule has 0 N–H and O–H groups in total. The Bertz CT molecular complexity index is 610. The van der Waals surface area contributed by atoms with Crippen molar-refractivity contribution in [2.75, 3.05) is 4.43 Å². The Morgan fingerprint density at radius 2 is 1.95 bits per heavy atom. The summed E-state index contributed by atoms with van der Waals surface area (Å²) in [5.74, 6) is 0.540. The number of alkyl halides is 1.